The molecule has 0 bridgehead atoms. The summed E-state index contributed by atoms with van der Waals surface area (Å²) in [5.41, 5.74) is 15.3. The predicted octanol–water partition coefficient (Wildman–Crippen LogP) is 11.2. The molecule has 0 unspecified atom stereocenters. The molecule has 0 radical (unpaired) electrons. The number of nitrogens with zero attached hydrogens (tertiary/aromatic N) is 2. The lowest BCUT2D eigenvalue weighted by Crippen LogP contribution is -2.30. The van der Waals surface area contributed by atoms with Crippen molar-refractivity contribution >= 4 is 38.9 Å². The molecule has 0 amide bonds. The zero-order valence-corrected chi connectivity index (χ0v) is 25.6. The first kappa shape index (κ1) is 25.4. The summed E-state index contributed by atoms with van der Waals surface area (Å²) in [6.45, 7) is 9.49. The fourth-order valence-corrected chi connectivity index (χ4v) is 8.13. The SMILES string of the molecule is CC1(C)c2ccccc2-c2ccc(N3c4ccccc4C(C)(C)c4cc5c(cc43)c3ccccc3n5-c3ccccc3)cc21. The second kappa shape index (κ2) is 8.74. The largest absolute Gasteiger partial charge is 0.310 e. The van der Waals surface area contributed by atoms with Gasteiger partial charge in [-0.1, -0.05) is 113 Å². The molecular weight excluding hydrogens is 532 g/mol. The third-order valence-corrected chi connectivity index (χ3v) is 10.4. The summed E-state index contributed by atoms with van der Waals surface area (Å²) < 4.78 is 2.43. The average Bonchev–Trinajstić information content (AvgIpc) is 3.49. The Hall–Kier alpha value is -5.08. The molecule has 0 atom stereocenters. The Kier molecular flexibility index (Phi) is 5.05. The van der Waals surface area contributed by atoms with E-state index in [0.29, 0.717) is 0 Å². The van der Waals surface area contributed by atoms with E-state index in [-0.39, 0.29) is 10.8 Å². The van der Waals surface area contributed by atoms with Gasteiger partial charge in [0.15, 0.2) is 0 Å². The summed E-state index contributed by atoms with van der Waals surface area (Å²) in [4.78, 5) is 2.52. The highest BCUT2D eigenvalue weighted by atomic mass is 15.2. The van der Waals surface area contributed by atoms with E-state index in [9.17, 15) is 0 Å². The Bertz CT molecular complexity index is 2280. The molecule has 1 aliphatic carbocycles. The minimum atomic E-state index is -0.180. The van der Waals surface area contributed by atoms with Crippen LogP contribution in [0, 0.1) is 0 Å². The monoisotopic (exact) mass is 566 g/mol. The molecule has 2 aliphatic rings. The van der Waals surface area contributed by atoms with Crippen molar-refractivity contribution in [1.82, 2.24) is 4.57 Å². The smallest absolute Gasteiger partial charge is 0.0545 e. The molecule has 6 aromatic carbocycles. The number of para-hydroxylation sites is 3. The van der Waals surface area contributed by atoms with Gasteiger partial charge in [-0.2, -0.15) is 0 Å². The Morgan fingerprint density at radius 2 is 1.07 bits per heavy atom. The van der Waals surface area contributed by atoms with Crippen molar-refractivity contribution < 1.29 is 0 Å². The first-order valence-electron chi connectivity index (χ1n) is 15.6. The molecule has 0 saturated heterocycles. The van der Waals surface area contributed by atoms with Gasteiger partial charge in [0.05, 0.1) is 22.4 Å². The number of benzene rings is 6. The molecular formula is C42H34N2. The average molecular weight is 567 g/mol. The van der Waals surface area contributed by atoms with Crippen LogP contribution in [-0.2, 0) is 10.8 Å². The molecule has 2 nitrogen and oxygen atoms in total. The summed E-state index contributed by atoms with van der Waals surface area (Å²) in [6.07, 6.45) is 0. The van der Waals surface area contributed by atoms with Crippen molar-refractivity contribution in [3.05, 3.63) is 156 Å². The summed E-state index contributed by atoms with van der Waals surface area (Å²) >= 11 is 0. The van der Waals surface area contributed by atoms with Crippen LogP contribution in [0.5, 0.6) is 0 Å². The van der Waals surface area contributed by atoms with Gasteiger partial charge < -0.3 is 9.47 Å². The molecule has 44 heavy (non-hydrogen) atoms. The topological polar surface area (TPSA) is 8.17 Å². The number of anilines is 3. The van der Waals surface area contributed by atoms with Crippen molar-refractivity contribution in [3.8, 4) is 16.8 Å². The zero-order chi connectivity index (χ0) is 29.8. The standard InChI is InChI=1S/C42H34N2/c1-41(2)33-18-10-8-16-29(33)30-23-22-28(24-35(30)41)44-38-21-13-11-19-34(38)42(3,4)36-26-39-32(25-40(36)44)31-17-9-12-20-37(31)43(39)27-14-6-5-7-15-27/h5-26H,1-4H3. The first-order chi connectivity index (χ1) is 21.4. The van der Waals surface area contributed by atoms with E-state index in [2.05, 4.69) is 171 Å². The highest BCUT2D eigenvalue weighted by Gasteiger charge is 2.40. The molecule has 1 aromatic heterocycles. The molecule has 0 saturated carbocycles. The first-order valence-corrected chi connectivity index (χ1v) is 15.6. The third kappa shape index (κ3) is 3.26. The van der Waals surface area contributed by atoms with Crippen LogP contribution in [0.3, 0.4) is 0 Å². The van der Waals surface area contributed by atoms with Crippen molar-refractivity contribution in [2.24, 2.45) is 0 Å². The van der Waals surface area contributed by atoms with Gasteiger partial charge >= 0.3 is 0 Å². The molecule has 7 aromatic rings. The van der Waals surface area contributed by atoms with Gasteiger partial charge in [-0.15, -0.1) is 0 Å². The molecule has 0 spiro atoms. The Morgan fingerprint density at radius 3 is 1.91 bits per heavy atom. The fourth-order valence-electron chi connectivity index (χ4n) is 8.13. The Morgan fingerprint density at radius 1 is 0.409 bits per heavy atom. The minimum Gasteiger partial charge on any atom is -0.310 e. The van der Waals surface area contributed by atoms with Crippen LogP contribution in [0.25, 0.3) is 38.6 Å². The van der Waals surface area contributed by atoms with Gasteiger partial charge in [0.25, 0.3) is 0 Å². The maximum atomic E-state index is 2.52. The number of rotatable bonds is 2. The van der Waals surface area contributed by atoms with Crippen molar-refractivity contribution in [2.45, 2.75) is 38.5 Å². The lowest BCUT2D eigenvalue weighted by molar-refractivity contribution is 0.632. The third-order valence-electron chi connectivity index (χ3n) is 10.4. The van der Waals surface area contributed by atoms with E-state index in [0.717, 1.165) is 0 Å². The molecule has 2 heteroatoms. The van der Waals surface area contributed by atoms with Crippen molar-refractivity contribution in [1.29, 1.82) is 0 Å². The maximum absolute atomic E-state index is 2.52. The van der Waals surface area contributed by atoms with Crippen LogP contribution in [0.2, 0.25) is 0 Å². The van der Waals surface area contributed by atoms with Crippen molar-refractivity contribution in [3.63, 3.8) is 0 Å². The maximum Gasteiger partial charge on any atom is 0.0545 e. The summed E-state index contributed by atoms with van der Waals surface area (Å²) in [5, 5.41) is 2.55. The molecule has 0 fully saturated rings. The van der Waals surface area contributed by atoms with E-state index >= 15 is 0 Å². The van der Waals surface area contributed by atoms with Crippen LogP contribution in [0.1, 0.15) is 49.9 Å². The van der Waals surface area contributed by atoms with Gasteiger partial charge in [0.1, 0.15) is 0 Å². The quantitative estimate of drug-likeness (QED) is 0.202. The molecule has 0 N–H and O–H groups in total. The number of aromatic nitrogens is 1. The van der Waals surface area contributed by atoms with E-state index in [4.69, 9.17) is 0 Å². The highest BCUT2D eigenvalue weighted by molar-refractivity contribution is 6.11. The van der Waals surface area contributed by atoms with Crippen LogP contribution < -0.4 is 4.90 Å². The van der Waals surface area contributed by atoms with Gasteiger partial charge in [-0.05, 0) is 81.9 Å². The van der Waals surface area contributed by atoms with E-state index in [1.54, 1.807) is 0 Å². The molecule has 1 aliphatic heterocycles. The Labute approximate surface area is 258 Å². The number of fused-ring (bicyclic) bond motifs is 8. The summed E-state index contributed by atoms with van der Waals surface area (Å²) in [6, 6.07) is 49.5. The van der Waals surface area contributed by atoms with E-state index < -0.39 is 0 Å². The second-order valence-electron chi connectivity index (χ2n) is 13.5. The molecule has 2 heterocycles. The second-order valence-corrected chi connectivity index (χ2v) is 13.5. The fraction of sp³-hybridized carbons (Fsp3) is 0.143. The lowest BCUT2D eigenvalue weighted by atomic mass is 9.73. The van der Waals surface area contributed by atoms with Crippen LogP contribution in [0.15, 0.2) is 133 Å². The van der Waals surface area contributed by atoms with Gasteiger partial charge in [0.2, 0.25) is 0 Å². The van der Waals surface area contributed by atoms with Crippen LogP contribution in [0.4, 0.5) is 17.1 Å². The van der Waals surface area contributed by atoms with Crippen molar-refractivity contribution in [2.75, 3.05) is 4.90 Å². The van der Waals surface area contributed by atoms with Gasteiger partial charge in [0, 0.05) is 33.0 Å². The Balaban J connectivity index is 1.35. The van der Waals surface area contributed by atoms with Gasteiger partial charge in [-0.3, -0.25) is 0 Å². The highest BCUT2D eigenvalue weighted by Crippen LogP contribution is 2.55. The number of hydrogen-bond donors (Lipinski definition) is 0. The predicted molar refractivity (Wildman–Crippen MR) is 185 cm³/mol. The molecule has 9 rings (SSSR count). The van der Waals surface area contributed by atoms with Gasteiger partial charge in [-0.25, -0.2) is 0 Å². The summed E-state index contributed by atoms with van der Waals surface area (Å²) in [5.74, 6) is 0. The lowest BCUT2D eigenvalue weighted by Gasteiger charge is -2.42. The normalized spacial score (nSPS) is 15.6. The van der Waals surface area contributed by atoms with Crippen LogP contribution in [-0.4, -0.2) is 4.57 Å². The van der Waals surface area contributed by atoms with E-state index in [1.807, 2.05) is 0 Å². The van der Waals surface area contributed by atoms with Crippen LogP contribution >= 0.6 is 0 Å². The van der Waals surface area contributed by atoms with E-state index in [1.165, 1.54) is 77.9 Å². The minimum absolute atomic E-state index is 0.0631. The zero-order valence-electron chi connectivity index (χ0n) is 25.6. The molecule has 212 valence electrons. The summed E-state index contributed by atoms with van der Waals surface area (Å²) in [7, 11) is 0. The number of hydrogen-bond acceptors (Lipinski definition) is 1.